The molecule has 26 heavy (non-hydrogen) atoms. The molecule has 1 aliphatic heterocycles. The van der Waals surface area contributed by atoms with Crippen LogP contribution in [0.4, 0.5) is 14.5 Å². The molecular weight excluding hydrogens is 362 g/mol. The van der Waals surface area contributed by atoms with Crippen LogP contribution in [0.2, 0.25) is 5.02 Å². The maximum atomic E-state index is 13.9. The first-order chi connectivity index (χ1) is 12.3. The number of aromatic nitrogens is 1. The number of anilines is 1. The van der Waals surface area contributed by atoms with Crippen LogP contribution in [0.5, 0.6) is 0 Å². The normalized spacial score (nSPS) is 16.7. The summed E-state index contributed by atoms with van der Waals surface area (Å²) in [6.45, 7) is 5.10. The van der Waals surface area contributed by atoms with Crippen molar-refractivity contribution in [3.05, 3.63) is 57.9 Å². The van der Waals surface area contributed by atoms with Crippen molar-refractivity contribution in [3.8, 4) is 0 Å². The fourth-order valence-electron chi connectivity index (χ4n) is 3.45. The van der Waals surface area contributed by atoms with Gasteiger partial charge in [0, 0.05) is 30.9 Å². The minimum atomic E-state index is -1.07. The fourth-order valence-corrected chi connectivity index (χ4v) is 3.56. The molecule has 3 rings (SSSR count). The molecule has 1 aliphatic rings. The fraction of sp³-hybridized carbons (Fsp3) is 0.368. The Kier molecular flexibility index (Phi) is 5.14. The lowest BCUT2D eigenvalue weighted by Crippen LogP contribution is -2.34. The number of carboxylic acid groups (broad SMARTS) is 1. The van der Waals surface area contributed by atoms with Gasteiger partial charge in [-0.25, -0.2) is 18.6 Å². The van der Waals surface area contributed by atoms with Crippen LogP contribution < -0.4 is 4.90 Å². The van der Waals surface area contributed by atoms with E-state index in [-0.39, 0.29) is 11.6 Å². The summed E-state index contributed by atoms with van der Waals surface area (Å²) in [5.74, 6) is -2.24. The Hall–Kier alpha value is -2.21. The first kappa shape index (κ1) is 18.6. The Morgan fingerprint density at radius 3 is 2.58 bits per heavy atom. The van der Waals surface area contributed by atoms with Crippen molar-refractivity contribution in [2.45, 2.75) is 32.7 Å². The molecule has 0 amide bonds. The van der Waals surface area contributed by atoms with Crippen LogP contribution >= 0.6 is 11.6 Å². The number of hydrogen-bond donors (Lipinski definition) is 1. The lowest BCUT2D eigenvalue weighted by Gasteiger charge is -2.37. The molecule has 0 radical (unpaired) electrons. The second kappa shape index (κ2) is 7.19. The highest BCUT2D eigenvalue weighted by molar-refractivity contribution is 6.30. The highest BCUT2D eigenvalue weighted by Crippen LogP contribution is 2.36. The quantitative estimate of drug-likeness (QED) is 0.769. The molecule has 138 valence electrons. The van der Waals surface area contributed by atoms with Crippen molar-refractivity contribution in [1.29, 1.82) is 0 Å². The molecule has 2 aromatic rings. The lowest BCUT2D eigenvalue weighted by atomic mass is 9.84. The van der Waals surface area contributed by atoms with Gasteiger partial charge in [0.05, 0.1) is 0 Å². The zero-order valence-electron chi connectivity index (χ0n) is 14.5. The first-order valence-electron chi connectivity index (χ1n) is 8.37. The molecular formula is C19H19ClF2N2O2. The van der Waals surface area contributed by atoms with Crippen molar-refractivity contribution in [3.63, 3.8) is 0 Å². The van der Waals surface area contributed by atoms with Crippen molar-refractivity contribution < 1.29 is 18.7 Å². The van der Waals surface area contributed by atoms with Gasteiger partial charge >= 0.3 is 5.97 Å². The molecule has 0 bridgehead atoms. The highest BCUT2D eigenvalue weighted by Gasteiger charge is 2.28. The molecule has 1 N–H and O–H groups in total. The summed E-state index contributed by atoms with van der Waals surface area (Å²) < 4.78 is 27.7. The Balaban J connectivity index is 2.01. The van der Waals surface area contributed by atoms with Gasteiger partial charge in [0.2, 0.25) is 0 Å². The molecule has 1 aromatic carbocycles. The molecule has 0 fully saturated rings. The van der Waals surface area contributed by atoms with Crippen LogP contribution in [-0.4, -0.2) is 22.6 Å². The third-order valence-corrected chi connectivity index (χ3v) is 4.93. The molecule has 0 saturated carbocycles. The summed E-state index contributed by atoms with van der Waals surface area (Å²) in [6.07, 6.45) is 2.37. The Morgan fingerprint density at radius 1 is 1.35 bits per heavy atom. The van der Waals surface area contributed by atoms with E-state index in [1.807, 2.05) is 4.90 Å². The Labute approximate surface area is 155 Å². The smallest absolute Gasteiger partial charge is 0.354 e. The maximum Gasteiger partial charge on any atom is 0.354 e. The summed E-state index contributed by atoms with van der Waals surface area (Å²) in [5.41, 5.74) is 2.22. The number of pyridine rings is 1. The average molecular weight is 381 g/mol. The summed E-state index contributed by atoms with van der Waals surface area (Å²) >= 11 is 5.58. The number of halogens is 3. The summed E-state index contributed by atoms with van der Waals surface area (Å²) in [6, 6.07) is 4.06. The van der Waals surface area contributed by atoms with Gasteiger partial charge in [-0.1, -0.05) is 25.4 Å². The number of hydrogen-bond acceptors (Lipinski definition) is 3. The Morgan fingerprint density at radius 2 is 2.00 bits per heavy atom. The largest absolute Gasteiger partial charge is 0.477 e. The lowest BCUT2D eigenvalue weighted by molar-refractivity contribution is 0.0690. The zero-order valence-corrected chi connectivity index (χ0v) is 15.2. The van der Waals surface area contributed by atoms with Crippen LogP contribution in [0.1, 0.15) is 47.8 Å². The summed E-state index contributed by atoms with van der Waals surface area (Å²) in [5, 5.41) is 8.69. The molecule has 7 heteroatoms. The number of carboxylic acids is 1. The van der Waals surface area contributed by atoms with E-state index < -0.39 is 22.6 Å². The molecule has 0 spiro atoms. The molecule has 0 aliphatic carbocycles. The van der Waals surface area contributed by atoms with Crippen LogP contribution in [0.25, 0.3) is 0 Å². The number of aromatic carboxylic acids is 1. The Bertz CT molecular complexity index is 834. The standard InChI is InChI=1S/C19H19ClF2N2O2/c1-10(2)3-11-8-24(13-4-15(21)18(20)16(22)5-13)9-12-7-23-17(19(25)26)6-14(11)12/h4-7,10-11H,3,8-9H2,1-2H3,(H,25,26). The van der Waals surface area contributed by atoms with Gasteiger partial charge in [0.25, 0.3) is 0 Å². The molecule has 1 unspecified atom stereocenters. The van der Waals surface area contributed by atoms with Gasteiger partial charge in [0.15, 0.2) is 0 Å². The minimum absolute atomic E-state index is 0.00883. The topological polar surface area (TPSA) is 53.4 Å². The average Bonchev–Trinajstić information content (AvgIpc) is 2.58. The molecule has 4 nitrogen and oxygen atoms in total. The van der Waals surface area contributed by atoms with E-state index in [0.717, 1.165) is 17.5 Å². The molecule has 1 atom stereocenters. The summed E-state index contributed by atoms with van der Waals surface area (Å²) in [4.78, 5) is 17.1. The first-order valence-corrected chi connectivity index (χ1v) is 8.75. The van der Waals surface area contributed by atoms with Gasteiger partial charge in [-0.15, -0.1) is 0 Å². The van der Waals surface area contributed by atoms with E-state index in [1.165, 1.54) is 12.1 Å². The van der Waals surface area contributed by atoms with E-state index in [2.05, 4.69) is 18.8 Å². The number of rotatable bonds is 4. The van der Waals surface area contributed by atoms with Crippen molar-refractivity contribution >= 4 is 23.3 Å². The monoisotopic (exact) mass is 380 g/mol. The molecule has 2 heterocycles. The third-order valence-electron chi connectivity index (χ3n) is 4.57. The SMILES string of the molecule is CC(C)CC1CN(c2cc(F)c(Cl)c(F)c2)Cc2cnc(C(=O)O)cc21. The second-order valence-electron chi connectivity index (χ2n) is 7.00. The second-order valence-corrected chi connectivity index (χ2v) is 7.38. The van der Waals surface area contributed by atoms with E-state index in [0.29, 0.717) is 24.7 Å². The van der Waals surface area contributed by atoms with E-state index in [4.69, 9.17) is 11.6 Å². The minimum Gasteiger partial charge on any atom is -0.477 e. The van der Waals surface area contributed by atoms with Crippen molar-refractivity contribution in [1.82, 2.24) is 4.98 Å². The predicted molar refractivity (Wildman–Crippen MR) is 95.8 cm³/mol. The van der Waals surface area contributed by atoms with Crippen LogP contribution in [0.15, 0.2) is 24.4 Å². The van der Waals surface area contributed by atoms with Gasteiger partial charge in [-0.3, -0.25) is 0 Å². The number of fused-ring (bicyclic) bond motifs is 1. The van der Waals surface area contributed by atoms with Gasteiger partial charge in [0.1, 0.15) is 22.4 Å². The van der Waals surface area contributed by atoms with E-state index in [9.17, 15) is 18.7 Å². The number of nitrogens with zero attached hydrogens (tertiary/aromatic N) is 2. The zero-order chi connectivity index (χ0) is 19.0. The highest BCUT2D eigenvalue weighted by atomic mass is 35.5. The van der Waals surface area contributed by atoms with Crippen LogP contribution in [0.3, 0.4) is 0 Å². The summed E-state index contributed by atoms with van der Waals surface area (Å²) in [7, 11) is 0. The van der Waals surface area contributed by atoms with Gasteiger partial charge < -0.3 is 10.0 Å². The number of benzene rings is 1. The third kappa shape index (κ3) is 3.65. The molecule has 1 aromatic heterocycles. The predicted octanol–water partition coefficient (Wildman–Crippen LogP) is 4.86. The van der Waals surface area contributed by atoms with E-state index >= 15 is 0 Å². The number of carbonyl (C=O) groups is 1. The van der Waals surface area contributed by atoms with Gasteiger partial charge in [-0.05, 0) is 41.7 Å². The maximum absolute atomic E-state index is 13.9. The molecule has 0 saturated heterocycles. The van der Waals surface area contributed by atoms with Crippen LogP contribution in [-0.2, 0) is 6.54 Å². The van der Waals surface area contributed by atoms with Crippen molar-refractivity contribution in [2.24, 2.45) is 5.92 Å². The van der Waals surface area contributed by atoms with Crippen molar-refractivity contribution in [2.75, 3.05) is 11.4 Å². The van der Waals surface area contributed by atoms with Gasteiger partial charge in [-0.2, -0.15) is 0 Å². The van der Waals surface area contributed by atoms with Crippen LogP contribution in [0, 0.1) is 17.6 Å². The van der Waals surface area contributed by atoms with E-state index in [1.54, 1.807) is 12.3 Å².